The average molecular weight is 205 g/mol. The van der Waals surface area contributed by atoms with Gasteiger partial charge in [-0.2, -0.15) is 0 Å². The quantitative estimate of drug-likeness (QED) is 0.569. The highest BCUT2D eigenvalue weighted by molar-refractivity contribution is 5.76. The van der Waals surface area contributed by atoms with Crippen molar-refractivity contribution in [3.63, 3.8) is 0 Å². The molecule has 1 aromatic rings. The molecule has 1 aliphatic rings. The van der Waals surface area contributed by atoms with Gasteiger partial charge in [0.05, 0.1) is 5.56 Å². The van der Waals surface area contributed by atoms with Crippen LogP contribution in [-0.2, 0) is 0 Å². The summed E-state index contributed by atoms with van der Waals surface area (Å²) in [6, 6.07) is 1.40. The van der Waals surface area contributed by atoms with Crippen LogP contribution in [0.25, 0.3) is 5.83 Å². The van der Waals surface area contributed by atoms with E-state index in [0.29, 0.717) is 6.07 Å². The molecule has 0 aromatic heterocycles. The van der Waals surface area contributed by atoms with E-state index in [9.17, 15) is 22.0 Å². The zero-order chi connectivity index (χ0) is 10.5. The van der Waals surface area contributed by atoms with Gasteiger partial charge in [-0.15, -0.1) is 0 Å². The maximum atomic E-state index is 12.9. The third-order valence-corrected chi connectivity index (χ3v) is 1.94. The van der Waals surface area contributed by atoms with Gasteiger partial charge in [0, 0.05) is 5.56 Å². The molecule has 0 saturated carbocycles. The number of hydrogen-bond donors (Lipinski definition) is 0. The molecule has 0 bridgehead atoms. The van der Waals surface area contributed by atoms with Crippen LogP contribution in [0, 0.1) is 17.8 Å². The summed E-state index contributed by atoms with van der Waals surface area (Å²) in [5, 5.41) is 0. The van der Waals surface area contributed by atoms with Gasteiger partial charge in [-0.1, -0.05) is 6.07 Å². The van der Waals surface area contributed by atoms with Crippen molar-refractivity contribution in [1.29, 1.82) is 0 Å². The molecule has 0 N–H and O–H groups in total. The van der Waals surface area contributed by atoms with E-state index in [1.54, 1.807) is 0 Å². The SMILES string of the molecule is F[C]1C(F)=C(F)c2c1ccc(F)c2F. The van der Waals surface area contributed by atoms with Crippen LogP contribution in [0.4, 0.5) is 22.0 Å². The van der Waals surface area contributed by atoms with Gasteiger partial charge in [-0.05, 0) is 6.07 Å². The van der Waals surface area contributed by atoms with E-state index >= 15 is 0 Å². The van der Waals surface area contributed by atoms with Crippen molar-refractivity contribution in [3.05, 3.63) is 46.9 Å². The van der Waals surface area contributed by atoms with Crippen LogP contribution in [0.2, 0.25) is 0 Å². The van der Waals surface area contributed by atoms with E-state index in [4.69, 9.17) is 0 Å². The summed E-state index contributed by atoms with van der Waals surface area (Å²) in [5.41, 5.74) is -1.58. The van der Waals surface area contributed by atoms with Crippen LogP contribution < -0.4 is 0 Å². The molecule has 0 aliphatic heterocycles. The summed E-state index contributed by atoms with van der Waals surface area (Å²) < 4.78 is 63.8. The molecule has 0 nitrogen and oxygen atoms in total. The van der Waals surface area contributed by atoms with Gasteiger partial charge in [0.2, 0.25) is 6.17 Å². The van der Waals surface area contributed by atoms with Crippen LogP contribution in [-0.4, -0.2) is 0 Å². The highest BCUT2D eigenvalue weighted by Gasteiger charge is 2.37. The van der Waals surface area contributed by atoms with Crippen molar-refractivity contribution in [3.8, 4) is 0 Å². The Balaban J connectivity index is 2.75. The maximum absolute atomic E-state index is 12.9. The third-order valence-electron chi connectivity index (χ3n) is 1.94. The first-order valence-electron chi connectivity index (χ1n) is 3.61. The minimum Gasteiger partial charge on any atom is -0.226 e. The van der Waals surface area contributed by atoms with Gasteiger partial charge in [0.1, 0.15) is 0 Å². The monoisotopic (exact) mass is 205 g/mol. The normalized spacial score (nSPS) is 16.4. The zero-order valence-corrected chi connectivity index (χ0v) is 6.54. The summed E-state index contributed by atoms with van der Waals surface area (Å²) in [6.07, 6.45) is -1.50. The average Bonchev–Trinajstić information content (AvgIpc) is 2.38. The zero-order valence-electron chi connectivity index (χ0n) is 6.54. The lowest BCUT2D eigenvalue weighted by Crippen LogP contribution is -1.95. The van der Waals surface area contributed by atoms with Crippen molar-refractivity contribution in [1.82, 2.24) is 0 Å². The molecule has 0 fully saturated rings. The molecule has 1 aromatic carbocycles. The second kappa shape index (κ2) is 2.80. The fraction of sp³-hybridized carbons (Fsp3) is 0. The third kappa shape index (κ3) is 0.981. The van der Waals surface area contributed by atoms with Crippen LogP contribution in [0.1, 0.15) is 11.1 Å². The van der Waals surface area contributed by atoms with Gasteiger partial charge >= 0.3 is 0 Å². The second-order valence-corrected chi connectivity index (χ2v) is 2.73. The second-order valence-electron chi connectivity index (χ2n) is 2.73. The first kappa shape index (κ1) is 9.18. The van der Waals surface area contributed by atoms with Crippen LogP contribution in [0.3, 0.4) is 0 Å². The van der Waals surface area contributed by atoms with Gasteiger partial charge < -0.3 is 0 Å². The van der Waals surface area contributed by atoms with E-state index in [0.717, 1.165) is 6.07 Å². The number of benzene rings is 1. The maximum Gasteiger partial charge on any atom is 0.235 e. The van der Waals surface area contributed by atoms with Crippen LogP contribution in [0.5, 0.6) is 0 Å². The Morgan fingerprint density at radius 3 is 2.07 bits per heavy atom. The molecule has 2 rings (SSSR count). The topological polar surface area (TPSA) is 0 Å². The molecular weight excluding hydrogens is 203 g/mol. The Bertz CT molecular complexity index is 435. The number of halogens is 5. The summed E-state index contributed by atoms with van der Waals surface area (Å²) in [4.78, 5) is 0. The predicted molar refractivity (Wildman–Crippen MR) is 38.9 cm³/mol. The number of rotatable bonds is 0. The highest BCUT2D eigenvalue weighted by Crippen LogP contribution is 2.44. The van der Waals surface area contributed by atoms with Crippen molar-refractivity contribution < 1.29 is 22.0 Å². The van der Waals surface area contributed by atoms with Gasteiger partial charge in [0.25, 0.3) is 0 Å². The molecule has 0 unspecified atom stereocenters. The van der Waals surface area contributed by atoms with Crippen molar-refractivity contribution >= 4 is 5.83 Å². The van der Waals surface area contributed by atoms with E-state index in [-0.39, 0.29) is 0 Å². The Labute approximate surface area is 75.7 Å². The van der Waals surface area contributed by atoms with Gasteiger partial charge in [-0.3, -0.25) is 0 Å². The molecule has 0 heterocycles. The molecular formula is C9H2F5. The fourth-order valence-corrected chi connectivity index (χ4v) is 1.27. The standard InChI is InChI=1S/C9H2F5/c10-4-2-1-3-5(7(4)12)8(13)9(14)6(3)11/h1-2H. The van der Waals surface area contributed by atoms with Crippen molar-refractivity contribution in [2.45, 2.75) is 0 Å². The molecule has 14 heavy (non-hydrogen) atoms. The molecule has 0 atom stereocenters. The lowest BCUT2D eigenvalue weighted by molar-refractivity contribution is 0.477. The summed E-state index contributed by atoms with van der Waals surface area (Å²) in [5.74, 6) is -6.41. The molecule has 0 saturated heterocycles. The smallest absolute Gasteiger partial charge is 0.226 e. The molecule has 1 aliphatic carbocycles. The van der Waals surface area contributed by atoms with Crippen molar-refractivity contribution in [2.24, 2.45) is 0 Å². The summed E-state index contributed by atoms with van der Waals surface area (Å²) >= 11 is 0. The first-order chi connectivity index (χ1) is 6.54. The van der Waals surface area contributed by atoms with Crippen molar-refractivity contribution in [2.75, 3.05) is 0 Å². The van der Waals surface area contributed by atoms with Gasteiger partial charge in [-0.25, -0.2) is 22.0 Å². The Hall–Kier alpha value is -1.39. The fourth-order valence-electron chi connectivity index (χ4n) is 1.27. The minimum absolute atomic E-state index is 0.598. The Morgan fingerprint density at radius 1 is 0.786 bits per heavy atom. The number of hydrogen-bond acceptors (Lipinski definition) is 0. The first-order valence-corrected chi connectivity index (χ1v) is 3.61. The number of allylic oxidation sites excluding steroid dienone is 1. The summed E-state index contributed by atoms with van der Waals surface area (Å²) in [6.45, 7) is 0. The van der Waals surface area contributed by atoms with E-state index in [1.165, 1.54) is 0 Å². The van der Waals surface area contributed by atoms with E-state index in [2.05, 4.69) is 0 Å². The molecule has 0 amide bonds. The molecule has 73 valence electrons. The van der Waals surface area contributed by atoms with E-state index < -0.39 is 40.6 Å². The lowest BCUT2D eigenvalue weighted by atomic mass is 10.1. The Kier molecular flexibility index (Phi) is 1.83. The Morgan fingerprint density at radius 2 is 1.43 bits per heavy atom. The van der Waals surface area contributed by atoms with Crippen LogP contribution in [0.15, 0.2) is 18.0 Å². The highest BCUT2D eigenvalue weighted by atomic mass is 19.2. The predicted octanol–water partition coefficient (Wildman–Crippen LogP) is 3.44. The van der Waals surface area contributed by atoms with E-state index in [1.807, 2.05) is 0 Å². The largest absolute Gasteiger partial charge is 0.235 e. The molecule has 5 heteroatoms. The van der Waals surface area contributed by atoms with Gasteiger partial charge in [0.15, 0.2) is 23.3 Å². The molecule has 1 radical (unpaired) electrons. The minimum atomic E-state index is -1.79. The number of fused-ring (bicyclic) bond motifs is 1. The van der Waals surface area contributed by atoms with Crippen LogP contribution >= 0.6 is 0 Å². The lowest BCUT2D eigenvalue weighted by Gasteiger charge is -2.01. The molecule has 0 spiro atoms. The summed E-state index contributed by atoms with van der Waals surface area (Å²) in [7, 11) is 0.